The van der Waals surface area contributed by atoms with Crippen LogP contribution in [0.4, 0.5) is 0 Å². The van der Waals surface area contributed by atoms with Crippen LogP contribution >= 0.6 is 0 Å². The molecule has 0 heterocycles. The minimum absolute atomic E-state index is 0.251. The third-order valence-corrected chi connectivity index (χ3v) is 4.57. The van der Waals surface area contributed by atoms with Crippen molar-refractivity contribution in [2.75, 3.05) is 13.2 Å². The lowest BCUT2D eigenvalue weighted by atomic mass is 10.1. The van der Waals surface area contributed by atoms with Crippen molar-refractivity contribution in [3.8, 4) is 0 Å². The molecule has 4 nitrogen and oxygen atoms in total. The van der Waals surface area contributed by atoms with Crippen molar-refractivity contribution in [3.05, 3.63) is 58.7 Å². The molecule has 0 bridgehead atoms. The largest absolute Gasteiger partial charge is 0.462 e. The van der Waals surface area contributed by atoms with Crippen molar-refractivity contribution in [1.29, 1.82) is 0 Å². The lowest BCUT2D eigenvalue weighted by Crippen LogP contribution is -2.08. The van der Waals surface area contributed by atoms with Gasteiger partial charge in [-0.1, -0.05) is 49.8 Å². The smallest absolute Gasteiger partial charge is 0.338 e. The van der Waals surface area contributed by atoms with E-state index in [0.717, 1.165) is 25.7 Å². The molecule has 1 aromatic rings. The van der Waals surface area contributed by atoms with Crippen molar-refractivity contribution >= 4 is 11.9 Å². The van der Waals surface area contributed by atoms with Crippen LogP contribution in [-0.4, -0.2) is 25.2 Å². The van der Waals surface area contributed by atoms with Crippen molar-refractivity contribution in [1.82, 2.24) is 0 Å². The molecular weight excluding hydrogens is 364 g/mol. The quantitative estimate of drug-likeness (QED) is 0.211. The van der Waals surface area contributed by atoms with E-state index >= 15 is 0 Å². The van der Waals surface area contributed by atoms with E-state index in [4.69, 9.17) is 9.47 Å². The van der Waals surface area contributed by atoms with E-state index in [1.807, 2.05) is 13.0 Å². The summed E-state index contributed by atoms with van der Waals surface area (Å²) < 4.78 is 10.6. The number of unbranched alkanes of at least 4 members (excludes halogenated alkanes) is 4. The van der Waals surface area contributed by atoms with Gasteiger partial charge in [0.25, 0.3) is 0 Å². The van der Waals surface area contributed by atoms with Crippen LogP contribution in [0.2, 0.25) is 0 Å². The fraction of sp³-hybridized carbons (Fsp3) is 0.520. The highest BCUT2D eigenvalue weighted by Gasteiger charge is 2.10. The summed E-state index contributed by atoms with van der Waals surface area (Å²) in [5.41, 5.74) is 3.38. The first-order chi connectivity index (χ1) is 13.9. The zero-order valence-electron chi connectivity index (χ0n) is 18.5. The van der Waals surface area contributed by atoms with Crippen LogP contribution in [0.25, 0.3) is 0 Å². The van der Waals surface area contributed by atoms with Gasteiger partial charge < -0.3 is 9.47 Å². The summed E-state index contributed by atoms with van der Waals surface area (Å²) in [5.74, 6) is -0.746. The highest BCUT2D eigenvalue weighted by Crippen LogP contribution is 2.10. The number of carbonyl (C=O) groups is 2. The van der Waals surface area contributed by atoms with E-state index in [2.05, 4.69) is 26.8 Å². The minimum atomic E-state index is -0.394. The molecule has 0 aliphatic heterocycles. The second-order valence-corrected chi connectivity index (χ2v) is 7.60. The lowest BCUT2D eigenvalue weighted by Gasteiger charge is -2.06. The number of carbonyl (C=O) groups excluding carboxylic acids is 2. The van der Waals surface area contributed by atoms with Gasteiger partial charge in [0.05, 0.1) is 17.7 Å². The van der Waals surface area contributed by atoms with Gasteiger partial charge >= 0.3 is 11.9 Å². The van der Waals surface area contributed by atoms with E-state index in [9.17, 15) is 9.59 Å². The van der Waals surface area contributed by atoms with E-state index in [-0.39, 0.29) is 12.6 Å². The molecule has 0 amide bonds. The molecule has 0 spiro atoms. The molecule has 160 valence electrons. The zero-order chi connectivity index (χ0) is 21.5. The Morgan fingerprint density at radius 3 is 2.00 bits per heavy atom. The van der Waals surface area contributed by atoms with E-state index < -0.39 is 5.97 Å². The molecule has 0 aliphatic carbocycles. The van der Waals surface area contributed by atoms with Crippen LogP contribution in [0.1, 0.15) is 93.4 Å². The Morgan fingerprint density at radius 1 is 0.828 bits per heavy atom. The number of esters is 2. The van der Waals surface area contributed by atoms with Crippen LogP contribution in [0, 0.1) is 0 Å². The molecule has 0 aromatic heterocycles. The molecule has 29 heavy (non-hydrogen) atoms. The van der Waals surface area contributed by atoms with E-state index in [1.165, 1.54) is 30.4 Å². The monoisotopic (exact) mass is 400 g/mol. The average molecular weight is 401 g/mol. The van der Waals surface area contributed by atoms with E-state index in [1.54, 1.807) is 24.3 Å². The highest BCUT2D eigenvalue weighted by atomic mass is 16.5. The Bertz CT molecular complexity index is 679. The van der Waals surface area contributed by atoms with Gasteiger partial charge in [-0.15, -0.1) is 0 Å². The van der Waals surface area contributed by atoms with Gasteiger partial charge in [0.15, 0.2) is 0 Å². The van der Waals surface area contributed by atoms with Gasteiger partial charge in [0.2, 0.25) is 0 Å². The Labute approximate surface area is 176 Å². The Hall–Kier alpha value is -2.36. The normalized spacial score (nSPS) is 11.1. The number of ether oxygens (including phenoxy) is 2. The van der Waals surface area contributed by atoms with Crippen LogP contribution in [0.3, 0.4) is 0 Å². The van der Waals surface area contributed by atoms with Gasteiger partial charge in [0, 0.05) is 0 Å². The number of benzene rings is 1. The van der Waals surface area contributed by atoms with E-state index in [0.29, 0.717) is 17.7 Å². The average Bonchev–Trinajstić information content (AvgIpc) is 2.70. The van der Waals surface area contributed by atoms with Crippen LogP contribution < -0.4 is 0 Å². The number of hydrogen-bond donors (Lipinski definition) is 0. The van der Waals surface area contributed by atoms with Crippen LogP contribution in [-0.2, 0) is 9.47 Å². The lowest BCUT2D eigenvalue weighted by molar-refractivity contribution is 0.0494. The maximum absolute atomic E-state index is 12.1. The zero-order valence-corrected chi connectivity index (χ0v) is 18.5. The maximum Gasteiger partial charge on any atom is 0.338 e. The summed E-state index contributed by atoms with van der Waals surface area (Å²) >= 11 is 0. The molecule has 0 fully saturated rings. The third kappa shape index (κ3) is 11.3. The minimum Gasteiger partial charge on any atom is -0.462 e. The molecule has 1 aromatic carbocycles. The Kier molecular flexibility index (Phi) is 12.4. The van der Waals surface area contributed by atoms with Gasteiger partial charge in [-0.2, -0.15) is 0 Å². The van der Waals surface area contributed by atoms with Gasteiger partial charge in [-0.05, 0) is 70.4 Å². The molecule has 0 radical (unpaired) electrons. The molecular formula is C25H36O4. The molecule has 0 unspecified atom stereocenters. The summed E-state index contributed by atoms with van der Waals surface area (Å²) in [4.78, 5) is 24.2. The first-order valence-electron chi connectivity index (χ1n) is 10.7. The fourth-order valence-electron chi connectivity index (χ4n) is 2.73. The SMILES string of the molecule is CCCCCCCOC(=O)c1ccc(C(=O)OC/C=C(\C)CCC=C(C)C)cc1. The molecule has 4 heteroatoms. The highest BCUT2D eigenvalue weighted by molar-refractivity contribution is 5.93. The fourth-order valence-corrected chi connectivity index (χ4v) is 2.73. The first-order valence-corrected chi connectivity index (χ1v) is 10.7. The summed E-state index contributed by atoms with van der Waals surface area (Å²) in [7, 11) is 0. The van der Waals surface area contributed by atoms with Crippen molar-refractivity contribution in [3.63, 3.8) is 0 Å². The van der Waals surface area contributed by atoms with Crippen molar-refractivity contribution in [2.45, 2.75) is 72.6 Å². The second-order valence-electron chi connectivity index (χ2n) is 7.60. The summed E-state index contributed by atoms with van der Waals surface area (Å²) in [6.07, 6.45) is 11.6. The van der Waals surface area contributed by atoms with Gasteiger partial charge in [-0.3, -0.25) is 0 Å². The van der Waals surface area contributed by atoms with Crippen LogP contribution in [0.5, 0.6) is 0 Å². The van der Waals surface area contributed by atoms with Crippen LogP contribution in [0.15, 0.2) is 47.6 Å². The maximum atomic E-state index is 12.1. The van der Waals surface area contributed by atoms with Crippen molar-refractivity contribution < 1.29 is 19.1 Å². The predicted octanol–water partition coefficient (Wildman–Crippen LogP) is 6.66. The molecule has 1 rings (SSSR count). The molecule has 0 aliphatic rings. The molecule has 0 N–H and O–H groups in total. The molecule has 0 saturated carbocycles. The van der Waals surface area contributed by atoms with Crippen molar-refractivity contribution in [2.24, 2.45) is 0 Å². The number of rotatable bonds is 13. The predicted molar refractivity (Wildman–Crippen MR) is 118 cm³/mol. The second kappa shape index (κ2) is 14.6. The number of allylic oxidation sites excluding steroid dienone is 3. The summed E-state index contributed by atoms with van der Waals surface area (Å²) in [6, 6.07) is 6.42. The summed E-state index contributed by atoms with van der Waals surface area (Å²) in [6.45, 7) is 9.06. The topological polar surface area (TPSA) is 52.6 Å². The number of hydrogen-bond acceptors (Lipinski definition) is 4. The van der Waals surface area contributed by atoms with Gasteiger partial charge in [-0.25, -0.2) is 9.59 Å². The standard InChI is InChI=1S/C25H36O4/c1-5-6-7-8-9-18-28-24(26)22-13-15-23(16-14-22)25(27)29-19-17-21(4)12-10-11-20(2)3/h11,13-17H,5-10,12,18-19H2,1-4H3/b21-17+. The Morgan fingerprint density at radius 2 is 1.41 bits per heavy atom. The molecule has 0 atom stereocenters. The first kappa shape index (κ1) is 24.7. The summed E-state index contributed by atoms with van der Waals surface area (Å²) in [5, 5.41) is 0. The van der Waals surface area contributed by atoms with Gasteiger partial charge in [0.1, 0.15) is 6.61 Å². The Balaban J connectivity index is 2.37. The third-order valence-electron chi connectivity index (χ3n) is 4.57. The molecule has 0 saturated heterocycles.